The van der Waals surface area contributed by atoms with Crippen molar-refractivity contribution in [2.24, 2.45) is 5.92 Å². The molecule has 1 aromatic carbocycles. The molecule has 5 rings (SSSR count). The average molecular weight is 337 g/mol. The summed E-state index contributed by atoms with van der Waals surface area (Å²) in [6, 6.07) is 8.34. The standard InChI is InChI=1S/C19H19N3OS/c1-2-6-15-13(4-1)8-12(10-23-15)9-20-18-17-14-5-3-7-16(14)24-19(17)22-11-21-18/h1-2,4,6,11-12H,3,5,7-10H2,(H,20,21,22)/t12-/m1/s1. The van der Waals surface area contributed by atoms with Gasteiger partial charge in [-0.2, -0.15) is 0 Å². The highest BCUT2D eigenvalue weighted by atomic mass is 32.1. The second-order valence-electron chi connectivity index (χ2n) is 6.63. The van der Waals surface area contributed by atoms with Crippen LogP contribution in [0.25, 0.3) is 10.2 Å². The number of nitrogens with zero attached hydrogens (tertiary/aromatic N) is 2. The van der Waals surface area contributed by atoms with Crippen LogP contribution >= 0.6 is 11.3 Å². The summed E-state index contributed by atoms with van der Waals surface area (Å²) in [6.45, 7) is 1.64. The van der Waals surface area contributed by atoms with E-state index in [2.05, 4.69) is 33.5 Å². The number of thiophene rings is 1. The van der Waals surface area contributed by atoms with Crippen molar-refractivity contribution in [2.75, 3.05) is 18.5 Å². The highest BCUT2D eigenvalue weighted by Gasteiger charge is 2.23. The van der Waals surface area contributed by atoms with Crippen molar-refractivity contribution in [1.82, 2.24) is 9.97 Å². The van der Waals surface area contributed by atoms with Gasteiger partial charge in [0.25, 0.3) is 0 Å². The summed E-state index contributed by atoms with van der Waals surface area (Å²) in [5.41, 5.74) is 2.78. The maximum Gasteiger partial charge on any atom is 0.138 e. The Hall–Kier alpha value is -2.14. The van der Waals surface area contributed by atoms with Crippen LogP contribution in [0.4, 0.5) is 5.82 Å². The predicted molar refractivity (Wildman–Crippen MR) is 97.1 cm³/mol. The van der Waals surface area contributed by atoms with Gasteiger partial charge in [0.2, 0.25) is 0 Å². The van der Waals surface area contributed by atoms with Crippen molar-refractivity contribution < 1.29 is 4.74 Å². The number of benzene rings is 1. The lowest BCUT2D eigenvalue weighted by atomic mass is 9.97. The van der Waals surface area contributed by atoms with Gasteiger partial charge in [0, 0.05) is 17.3 Å². The number of hydrogen-bond acceptors (Lipinski definition) is 5. The molecule has 0 unspecified atom stereocenters. The van der Waals surface area contributed by atoms with E-state index >= 15 is 0 Å². The number of fused-ring (bicyclic) bond motifs is 4. The summed E-state index contributed by atoms with van der Waals surface area (Å²) in [4.78, 5) is 11.6. The number of nitrogens with one attached hydrogen (secondary N) is 1. The van der Waals surface area contributed by atoms with Gasteiger partial charge in [0.1, 0.15) is 22.7 Å². The first kappa shape index (κ1) is 14.2. The van der Waals surface area contributed by atoms with Crippen molar-refractivity contribution in [3.8, 4) is 5.75 Å². The summed E-state index contributed by atoms with van der Waals surface area (Å²) in [5.74, 6) is 2.50. The fourth-order valence-electron chi connectivity index (χ4n) is 3.83. The maximum absolute atomic E-state index is 5.90. The number of ether oxygens (including phenoxy) is 1. The van der Waals surface area contributed by atoms with Gasteiger partial charge < -0.3 is 10.1 Å². The Morgan fingerprint density at radius 1 is 1.21 bits per heavy atom. The Morgan fingerprint density at radius 2 is 2.17 bits per heavy atom. The number of aryl methyl sites for hydroxylation is 2. The van der Waals surface area contributed by atoms with E-state index in [1.54, 1.807) is 6.33 Å². The highest BCUT2D eigenvalue weighted by molar-refractivity contribution is 7.19. The lowest BCUT2D eigenvalue weighted by molar-refractivity contribution is 0.229. The van der Waals surface area contributed by atoms with E-state index in [4.69, 9.17) is 4.74 Å². The summed E-state index contributed by atoms with van der Waals surface area (Å²) in [5, 5.41) is 4.84. The molecular formula is C19H19N3OS. The Bertz CT molecular complexity index is 905. The first-order chi connectivity index (χ1) is 11.9. The van der Waals surface area contributed by atoms with Gasteiger partial charge in [-0.15, -0.1) is 11.3 Å². The largest absolute Gasteiger partial charge is 0.493 e. The Balaban J connectivity index is 1.37. The monoisotopic (exact) mass is 337 g/mol. The highest BCUT2D eigenvalue weighted by Crippen LogP contribution is 2.39. The second-order valence-corrected chi connectivity index (χ2v) is 7.71. The van der Waals surface area contributed by atoms with Gasteiger partial charge in [-0.25, -0.2) is 9.97 Å². The summed E-state index contributed by atoms with van der Waals surface area (Å²) >= 11 is 1.84. The van der Waals surface area contributed by atoms with Crippen LogP contribution in [0.1, 0.15) is 22.4 Å². The molecule has 1 atom stereocenters. The van der Waals surface area contributed by atoms with Crippen molar-refractivity contribution >= 4 is 27.4 Å². The number of aromatic nitrogens is 2. The molecule has 0 spiro atoms. The zero-order chi connectivity index (χ0) is 15.9. The SMILES string of the molecule is c1ccc2c(c1)C[C@H](CNc1ncnc3sc4c(c13)CCC4)CO2. The Morgan fingerprint density at radius 3 is 3.17 bits per heavy atom. The molecule has 3 heterocycles. The molecule has 0 fully saturated rings. The maximum atomic E-state index is 5.90. The normalized spacial score (nSPS) is 18.9. The van der Waals surface area contributed by atoms with Crippen LogP contribution in [0.5, 0.6) is 5.75 Å². The minimum Gasteiger partial charge on any atom is -0.493 e. The topological polar surface area (TPSA) is 47.0 Å². The summed E-state index contributed by atoms with van der Waals surface area (Å²) in [7, 11) is 0. The van der Waals surface area contributed by atoms with Gasteiger partial charge >= 0.3 is 0 Å². The molecule has 1 aliphatic carbocycles. The molecule has 1 N–H and O–H groups in total. The Labute approximate surface area is 144 Å². The smallest absolute Gasteiger partial charge is 0.138 e. The average Bonchev–Trinajstić information content (AvgIpc) is 3.20. The molecule has 2 aromatic heterocycles. The van der Waals surface area contributed by atoms with E-state index in [-0.39, 0.29) is 0 Å². The van der Waals surface area contributed by atoms with Crippen LogP contribution in [-0.4, -0.2) is 23.1 Å². The summed E-state index contributed by atoms with van der Waals surface area (Å²) in [6.07, 6.45) is 6.36. The molecule has 0 saturated carbocycles. The third-order valence-corrected chi connectivity index (χ3v) is 6.22. The van der Waals surface area contributed by atoms with E-state index < -0.39 is 0 Å². The minimum atomic E-state index is 0.469. The van der Waals surface area contributed by atoms with Crippen molar-refractivity contribution in [1.29, 1.82) is 0 Å². The lowest BCUT2D eigenvalue weighted by Gasteiger charge is -2.25. The Kier molecular flexibility index (Phi) is 3.40. The second kappa shape index (κ2) is 5.74. The van der Waals surface area contributed by atoms with Gasteiger partial charge in [-0.1, -0.05) is 18.2 Å². The molecule has 24 heavy (non-hydrogen) atoms. The number of para-hydroxylation sites is 1. The fraction of sp³-hybridized carbons (Fsp3) is 0.368. The molecule has 0 amide bonds. The van der Waals surface area contributed by atoms with Crippen molar-refractivity contribution in [3.05, 3.63) is 46.6 Å². The summed E-state index contributed by atoms with van der Waals surface area (Å²) < 4.78 is 5.90. The first-order valence-electron chi connectivity index (χ1n) is 8.58. The van der Waals surface area contributed by atoms with Crippen molar-refractivity contribution in [3.63, 3.8) is 0 Å². The number of anilines is 1. The molecule has 122 valence electrons. The van der Waals surface area contributed by atoms with E-state index in [9.17, 15) is 0 Å². The first-order valence-corrected chi connectivity index (χ1v) is 9.40. The number of rotatable bonds is 3. The van der Waals surface area contributed by atoms with E-state index in [1.807, 2.05) is 17.4 Å². The molecule has 0 radical (unpaired) electrons. The van der Waals surface area contributed by atoms with E-state index in [0.29, 0.717) is 5.92 Å². The molecule has 0 bridgehead atoms. The van der Waals surface area contributed by atoms with E-state index in [0.717, 1.165) is 42.4 Å². The third kappa shape index (κ3) is 2.35. The lowest BCUT2D eigenvalue weighted by Crippen LogP contribution is -2.27. The molecule has 0 saturated heterocycles. The fourth-order valence-corrected chi connectivity index (χ4v) is 5.05. The van der Waals surface area contributed by atoms with Gasteiger partial charge in [0.15, 0.2) is 0 Å². The molecule has 3 aromatic rings. The predicted octanol–water partition coefficient (Wildman–Crippen LogP) is 3.84. The van der Waals surface area contributed by atoms with Crippen LogP contribution in [0.15, 0.2) is 30.6 Å². The van der Waals surface area contributed by atoms with Gasteiger partial charge in [0.05, 0.1) is 12.0 Å². The van der Waals surface area contributed by atoms with Crippen LogP contribution in [0, 0.1) is 5.92 Å². The third-order valence-electron chi connectivity index (χ3n) is 5.02. The zero-order valence-electron chi connectivity index (χ0n) is 13.4. The minimum absolute atomic E-state index is 0.469. The molecule has 5 heteroatoms. The van der Waals surface area contributed by atoms with Crippen LogP contribution in [0.3, 0.4) is 0 Å². The van der Waals surface area contributed by atoms with Crippen molar-refractivity contribution in [2.45, 2.75) is 25.7 Å². The van der Waals surface area contributed by atoms with Gasteiger partial charge in [-0.05, 0) is 42.9 Å². The van der Waals surface area contributed by atoms with E-state index in [1.165, 1.54) is 34.2 Å². The van der Waals surface area contributed by atoms with Gasteiger partial charge in [-0.3, -0.25) is 0 Å². The molecule has 1 aliphatic heterocycles. The van der Waals surface area contributed by atoms with Crippen LogP contribution in [-0.2, 0) is 19.3 Å². The van der Waals surface area contributed by atoms with Crippen LogP contribution in [0.2, 0.25) is 0 Å². The molecular weight excluding hydrogens is 318 g/mol. The zero-order valence-corrected chi connectivity index (χ0v) is 14.2. The van der Waals surface area contributed by atoms with Crippen LogP contribution < -0.4 is 10.1 Å². The number of hydrogen-bond donors (Lipinski definition) is 1. The molecule has 4 nitrogen and oxygen atoms in total. The molecule has 2 aliphatic rings. The quantitative estimate of drug-likeness (QED) is 0.789.